The highest BCUT2D eigenvalue weighted by atomic mass is 16.5. The molecule has 0 spiro atoms. The number of allylic oxidation sites excluding steroid dienone is 2. The molecule has 1 aliphatic heterocycles. The standard InChI is InChI=1S/C33H48O7/c1-17(16-38-20(4)35)12-25(19(3)34)31-18(2)30-28(40-31)14-27-24-9-8-22-13-23(39-21(5)36)10-11-32(22,6)26(24)15-29(37)33(27,30)7/h17-18,22-24,26-28,30H,8-16H2,1-7H3/b31-25+/t17-,18+,22+,23+,24-,26+,27+,28+,30+,32+,33-/m1/s1. The fourth-order valence-corrected chi connectivity index (χ4v) is 10.1. The normalized spacial score (nSPS) is 43.8. The van der Waals surface area contributed by atoms with Crippen LogP contribution in [0, 0.1) is 52.3 Å². The number of carbonyl (C=O) groups is 4. The third-order valence-corrected chi connectivity index (χ3v) is 12.0. The third-order valence-electron chi connectivity index (χ3n) is 12.0. The molecule has 5 rings (SSSR count). The van der Waals surface area contributed by atoms with Crippen molar-refractivity contribution in [3.8, 4) is 0 Å². The number of ketones is 2. The van der Waals surface area contributed by atoms with E-state index in [1.165, 1.54) is 13.8 Å². The van der Waals surface area contributed by atoms with Crippen LogP contribution in [0.3, 0.4) is 0 Å². The molecule has 4 aliphatic carbocycles. The molecule has 11 atom stereocenters. The van der Waals surface area contributed by atoms with Crippen LogP contribution in [0.25, 0.3) is 0 Å². The van der Waals surface area contributed by atoms with Gasteiger partial charge in [0.05, 0.1) is 6.61 Å². The van der Waals surface area contributed by atoms with E-state index >= 15 is 0 Å². The Morgan fingerprint density at radius 1 is 1.02 bits per heavy atom. The van der Waals surface area contributed by atoms with Gasteiger partial charge in [-0.15, -0.1) is 0 Å². The fraction of sp³-hybridized carbons (Fsp3) is 0.818. The molecule has 7 heteroatoms. The lowest BCUT2D eigenvalue weighted by atomic mass is 9.44. The molecular weight excluding hydrogens is 508 g/mol. The maximum Gasteiger partial charge on any atom is 0.302 e. The maximum atomic E-state index is 14.2. The van der Waals surface area contributed by atoms with Crippen molar-refractivity contribution < 1.29 is 33.4 Å². The predicted octanol–water partition coefficient (Wildman–Crippen LogP) is 5.83. The SMILES string of the molecule is CC(=O)OC[C@H](C)C/C(C(C)=O)=C1\O[C@H]2C[C@H]3[C@@H]4CC[C@H]5C[C@@H](OC(C)=O)CC[C@]5(C)[C@H]4CC(=O)[C@]3(C)[C@H]2[C@@H]1C. The van der Waals surface area contributed by atoms with Crippen LogP contribution < -0.4 is 0 Å². The van der Waals surface area contributed by atoms with Crippen molar-refractivity contribution in [1.29, 1.82) is 0 Å². The van der Waals surface area contributed by atoms with Crippen LogP contribution in [-0.4, -0.2) is 42.3 Å². The second-order valence-electron chi connectivity index (χ2n) is 14.3. The summed E-state index contributed by atoms with van der Waals surface area (Å²) in [4.78, 5) is 49.9. The first kappa shape index (κ1) is 29.3. The van der Waals surface area contributed by atoms with Gasteiger partial charge in [-0.2, -0.15) is 0 Å². The lowest BCUT2D eigenvalue weighted by Crippen LogP contribution is -2.57. The summed E-state index contributed by atoms with van der Waals surface area (Å²) in [6.45, 7) is 13.5. The lowest BCUT2D eigenvalue weighted by molar-refractivity contribution is -0.166. The van der Waals surface area contributed by atoms with Gasteiger partial charge in [-0.3, -0.25) is 19.2 Å². The number of carbonyl (C=O) groups excluding carboxylic acids is 4. The average molecular weight is 557 g/mol. The van der Waals surface area contributed by atoms with Gasteiger partial charge < -0.3 is 14.2 Å². The summed E-state index contributed by atoms with van der Waals surface area (Å²) in [5.41, 5.74) is 0.336. The largest absolute Gasteiger partial charge is 0.494 e. The van der Waals surface area contributed by atoms with Gasteiger partial charge in [0.2, 0.25) is 0 Å². The van der Waals surface area contributed by atoms with Gasteiger partial charge in [0.15, 0.2) is 5.78 Å². The molecule has 0 unspecified atom stereocenters. The predicted molar refractivity (Wildman–Crippen MR) is 149 cm³/mol. The van der Waals surface area contributed by atoms with Crippen LogP contribution in [0.4, 0.5) is 0 Å². The average Bonchev–Trinajstić information content (AvgIpc) is 3.36. The smallest absolute Gasteiger partial charge is 0.302 e. The molecule has 40 heavy (non-hydrogen) atoms. The molecule has 7 nitrogen and oxygen atoms in total. The second kappa shape index (κ2) is 10.6. The first-order valence-electron chi connectivity index (χ1n) is 15.5. The van der Waals surface area contributed by atoms with Crippen LogP contribution in [-0.2, 0) is 33.4 Å². The minimum absolute atomic E-state index is 0.00110. The number of rotatable bonds is 6. The summed E-state index contributed by atoms with van der Waals surface area (Å²) in [5.74, 6) is 2.32. The van der Waals surface area contributed by atoms with Gasteiger partial charge in [-0.25, -0.2) is 0 Å². The number of fused-ring (bicyclic) bond motifs is 7. The topological polar surface area (TPSA) is 96.0 Å². The molecule has 0 aromatic heterocycles. The highest BCUT2D eigenvalue weighted by Crippen LogP contribution is 2.69. The van der Waals surface area contributed by atoms with Gasteiger partial charge in [0.25, 0.3) is 0 Å². The molecule has 0 aromatic rings. The molecule has 0 radical (unpaired) electrons. The van der Waals surface area contributed by atoms with E-state index in [-0.39, 0.29) is 59.7 Å². The zero-order valence-corrected chi connectivity index (χ0v) is 25.4. The van der Waals surface area contributed by atoms with Crippen molar-refractivity contribution in [1.82, 2.24) is 0 Å². The summed E-state index contributed by atoms with van der Waals surface area (Å²) in [7, 11) is 0. The highest BCUT2D eigenvalue weighted by molar-refractivity contribution is 5.94. The Morgan fingerprint density at radius 2 is 1.75 bits per heavy atom. The first-order chi connectivity index (χ1) is 18.8. The van der Waals surface area contributed by atoms with E-state index < -0.39 is 5.41 Å². The molecule has 5 fully saturated rings. The van der Waals surface area contributed by atoms with E-state index in [0.717, 1.165) is 44.3 Å². The molecule has 0 N–H and O–H groups in total. The van der Waals surface area contributed by atoms with E-state index in [4.69, 9.17) is 14.2 Å². The molecule has 5 aliphatic rings. The Labute approximate surface area is 239 Å². The van der Waals surface area contributed by atoms with Gasteiger partial charge in [0.1, 0.15) is 23.8 Å². The molecule has 1 heterocycles. The zero-order chi connectivity index (χ0) is 29.1. The van der Waals surface area contributed by atoms with Crippen molar-refractivity contribution >= 4 is 23.5 Å². The van der Waals surface area contributed by atoms with Crippen molar-refractivity contribution in [3.05, 3.63) is 11.3 Å². The zero-order valence-electron chi connectivity index (χ0n) is 25.4. The van der Waals surface area contributed by atoms with Crippen LogP contribution in [0.1, 0.15) is 99.8 Å². The first-order valence-corrected chi connectivity index (χ1v) is 15.5. The molecular formula is C33H48O7. The number of ether oxygens (including phenoxy) is 3. The Balaban J connectivity index is 1.37. The summed E-state index contributed by atoms with van der Waals surface area (Å²) < 4.78 is 17.5. The highest BCUT2D eigenvalue weighted by Gasteiger charge is 2.69. The molecule has 1 saturated heterocycles. The number of hydrogen-bond donors (Lipinski definition) is 0. The lowest BCUT2D eigenvalue weighted by Gasteiger charge is -2.60. The Hall–Kier alpha value is -2.18. The fourth-order valence-electron chi connectivity index (χ4n) is 10.1. The van der Waals surface area contributed by atoms with Gasteiger partial charge in [0, 0.05) is 43.1 Å². The molecule has 0 amide bonds. The second-order valence-corrected chi connectivity index (χ2v) is 14.3. The van der Waals surface area contributed by atoms with Crippen LogP contribution in [0.15, 0.2) is 11.3 Å². The quantitative estimate of drug-likeness (QED) is 0.300. The summed E-state index contributed by atoms with van der Waals surface area (Å²) in [6.07, 6.45) is 7.00. The number of esters is 2. The van der Waals surface area contributed by atoms with E-state index in [9.17, 15) is 19.2 Å². The van der Waals surface area contributed by atoms with Gasteiger partial charge in [-0.05, 0) is 86.9 Å². The third kappa shape index (κ3) is 4.73. The summed E-state index contributed by atoms with van der Waals surface area (Å²) in [5, 5.41) is 0. The number of hydrogen-bond acceptors (Lipinski definition) is 7. The van der Waals surface area contributed by atoms with Crippen LogP contribution in [0.5, 0.6) is 0 Å². The van der Waals surface area contributed by atoms with E-state index in [0.29, 0.717) is 47.9 Å². The Morgan fingerprint density at radius 3 is 2.40 bits per heavy atom. The van der Waals surface area contributed by atoms with E-state index in [1.807, 2.05) is 6.92 Å². The maximum absolute atomic E-state index is 14.2. The van der Waals surface area contributed by atoms with Gasteiger partial charge >= 0.3 is 11.9 Å². The van der Waals surface area contributed by atoms with Crippen molar-refractivity contribution in [3.63, 3.8) is 0 Å². The van der Waals surface area contributed by atoms with Crippen LogP contribution >= 0.6 is 0 Å². The van der Waals surface area contributed by atoms with Crippen LogP contribution in [0.2, 0.25) is 0 Å². The minimum atomic E-state index is -0.448. The number of Topliss-reactive ketones (excluding diaryl/α,β-unsaturated/α-hetero) is 2. The van der Waals surface area contributed by atoms with E-state index in [2.05, 4.69) is 20.8 Å². The minimum Gasteiger partial charge on any atom is -0.494 e. The van der Waals surface area contributed by atoms with Crippen molar-refractivity contribution in [2.24, 2.45) is 52.3 Å². The van der Waals surface area contributed by atoms with E-state index in [1.54, 1.807) is 6.92 Å². The van der Waals surface area contributed by atoms with Crippen molar-refractivity contribution in [2.75, 3.05) is 6.61 Å². The van der Waals surface area contributed by atoms with Crippen molar-refractivity contribution in [2.45, 2.75) is 112 Å². The summed E-state index contributed by atoms with van der Waals surface area (Å²) in [6, 6.07) is 0. The molecule has 0 bridgehead atoms. The Bertz CT molecular complexity index is 1110. The monoisotopic (exact) mass is 556 g/mol. The summed E-state index contributed by atoms with van der Waals surface area (Å²) >= 11 is 0. The molecule has 0 aromatic carbocycles. The molecule has 4 saturated carbocycles. The van der Waals surface area contributed by atoms with Gasteiger partial charge in [-0.1, -0.05) is 27.7 Å². The molecule has 222 valence electrons. The Kier molecular flexibility index (Phi) is 7.76.